The second kappa shape index (κ2) is 15.7. The quantitative estimate of drug-likeness (QED) is 0.314. The lowest BCUT2D eigenvalue weighted by molar-refractivity contribution is -0.107. The predicted molar refractivity (Wildman–Crippen MR) is 119 cm³/mol. The lowest BCUT2D eigenvalue weighted by Gasteiger charge is -2.02. The van der Waals surface area contributed by atoms with E-state index in [2.05, 4.69) is 16.8 Å². The Morgan fingerprint density at radius 1 is 1.10 bits per heavy atom. The number of aromatic hydroxyl groups is 1. The highest BCUT2D eigenvalue weighted by Crippen LogP contribution is 2.26. The van der Waals surface area contributed by atoms with E-state index in [9.17, 15) is 14.7 Å². The van der Waals surface area contributed by atoms with Crippen LogP contribution in [0.2, 0.25) is 0 Å². The fourth-order valence-corrected chi connectivity index (χ4v) is 2.13. The number of allylic oxidation sites excluding steroid dienone is 3. The summed E-state index contributed by atoms with van der Waals surface area (Å²) in [6, 6.07) is 11.9. The van der Waals surface area contributed by atoms with Crippen LogP contribution < -0.4 is 0 Å². The fraction of sp³-hybridized carbons (Fsp3) is 0.250. The highest BCUT2D eigenvalue weighted by molar-refractivity contribution is 5.80. The third-order valence-corrected chi connectivity index (χ3v) is 3.39. The minimum absolute atomic E-state index is 0.0877. The molecule has 2 aromatic rings. The normalized spacial score (nSPS) is 9.93. The molecule has 0 heterocycles. The molecule has 0 bridgehead atoms. The zero-order chi connectivity index (χ0) is 22.1. The summed E-state index contributed by atoms with van der Waals surface area (Å²) in [5, 5.41) is 17.6. The molecule has 2 aromatic carbocycles. The molecule has 0 fully saturated rings. The number of benzene rings is 2. The molecule has 0 spiro atoms. The van der Waals surface area contributed by atoms with Gasteiger partial charge in [-0.2, -0.15) is 10.2 Å². The first-order valence-corrected chi connectivity index (χ1v) is 9.51. The monoisotopic (exact) mass is 394 g/mol. The van der Waals surface area contributed by atoms with E-state index >= 15 is 0 Å². The van der Waals surface area contributed by atoms with E-state index in [1.807, 2.05) is 64.1 Å². The number of phenols is 1. The van der Waals surface area contributed by atoms with Crippen LogP contribution in [0.15, 0.2) is 77.0 Å². The van der Waals surface area contributed by atoms with E-state index in [4.69, 9.17) is 0 Å². The van der Waals surface area contributed by atoms with Crippen LogP contribution in [0.4, 0.5) is 11.4 Å². The van der Waals surface area contributed by atoms with Gasteiger partial charge in [0, 0.05) is 6.42 Å². The van der Waals surface area contributed by atoms with Crippen molar-refractivity contribution in [3.63, 3.8) is 0 Å². The maximum absolute atomic E-state index is 10.8. The van der Waals surface area contributed by atoms with Crippen LogP contribution in [0.3, 0.4) is 0 Å². The number of azo groups is 1. The van der Waals surface area contributed by atoms with E-state index in [1.165, 1.54) is 12.1 Å². The van der Waals surface area contributed by atoms with Crippen molar-refractivity contribution in [2.24, 2.45) is 10.2 Å². The Morgan fingerprint density at radius 3 is 2.34 bits per heavy atom. The topological polar surface area (TPSA) is 79.1 Å². The Labute approximate surface area is 173 Å². The summed E-state index contributed by atoms with van der Waals surface area (Å²) in [6.07, 6.45) is 6.41. The van der Waals surface area contributed by atoms with Crippen molar-refractivity contribution in [3.8, 4) is 5.75 Å². The Balaban J connectivity index is 0.000000841. The van der Waals surface area contributed by atoms with Crippen molar-refractivity contribution in [2.75, 3.05) is 0 Å². The average Bonchev–Trinajstić information content (AvgIpc) is 2.74. The SMILES string of the molecule is C=C(C)/C=C\C.CC.O=CCCc1ccccc1N=Nc1ccc(O)c(C=O)c1. The first-order chi connectivity index (χ1) is 14.0. The van der Waals surface area contributed by atoms with Gasteiger partial charge in [-0.15, -0.1) is 0 Å². The molecule has 0 aliphatic carbocycles. The molecule has 0 atom stereocenters. The average molecular weight is 395 g/mol. The Kier molecular flexibility index (Phi) is 13.9. The van der Waals surface area contributed by atoms with Gasteiger partial charge in [-0.05, 0) is 50.1 Å². The van der Waals surface area contributed by atoms with Gasteiger partial charge in [-0.1, -0.05) is 56.4 Å². The lowest BCUT2D eigenvalue weighted by atomic mass is 10.1. The highest BCUT2D eigenvalue weighted by atomic mass is 16.3. The Morgan fingerprint density at radius 2 is 1.79 bits per heavy atom. The first kappa shape index (κ1) is 25.7. The standard InChI is InChI=1S/C16H14N2O3.C6H10.C2H6/c19-9-3-5-12-4-1-2-6-15(12)18-17-14-7-8-16(21)13(10-14)11-20;1-4-5-6(2)3;1-2/h1-2,4,6-11,21H,3,5H2;4-5H,2H2,1,3H3;1-2H3/b;5-4-;. The van der Waals surface area contributed by atoms with Gasteiger partial charge in [0.1, 0.15) is 12.0 Å². The molecule has 154 valence electrons. The second-order valence-corrected chi connectivity index (χ2v) is 5.74. The third kappa shape index (κ3) is 10.5. The van der Waals surface area contributed by atoms with Crippen molar-refractivity contribution in [1.82, 2.24) is 0 Å². The van der Waals surface area contributed by atoms with Crippen molar-refractivity contribution in [1.29, 1.82) is 0 Å². The maximum Gasteiger partial charge on any atom is 0.153 e. The van der Waals surface area contributed by atoms with Crippen LogP contribution in [-0.2, 0) is 11.2 Å². The van der Waals surface area contributed by atoms with Gasteiger partial charge in [0.2, 0.25) is 0 Å². The van der Waals surface area contributed by atoms with Crippen LogP contribution in [0.25, 0.3) is 0 Å². The van der Waals surface area contributed by atoms with E-state index < -0.39 is 0 Å². The zero-order valence-electron chi connectivity index (χ0n) is 17.6. The summed E-state index contributed by atoms with van der Waals surface area (Å²) in [4.78, 5) is 21.2. The van der Waals surface area contributed by atoms with Crippen LogP contribution in [-0.4, -0.2) is 17.7 Å². The summed E-state index contributed by atoms with van der Waals surface area (Å²) in [7, 11) is 0. The molecule has 0 aliphatic heterocycles. The number of hydrogen-bond acceptors (Lipinski definition) is 5. The van der Waals surface area contributed by atoms with Gasteiger partial charge in [-0.25, -0.2) is 0 Å². The van der Waals surface area contributed by atoms with E-state index in [1.54, 1.807) is 6.07 Å². The van der Waals surface area contributed by atoms with Gasteiger partial charge in [-0.3, -0.25) is 4.79 Å². The number of carbonyl (C=O) groups is 2. The van der Waals surface area contributed by atoms with Crippen molar-refractivity contribution >= 4 is 23.9 Å². The Hall–Kier alpha value is -3.34. The van der Waals surface area contributed by atoms with Crippen molar-refractivity contribution in [3.05, 3.63) is 77.9 Å². The molecule has 29 heavy (non-hydrogen) atoms. The molecule has 5 nitrogen and oxygen atoms in total. The van der Waals surface area contributed by atoms with Crippen LogP contribution >= 0.6 is 0 Å². The molecule has 0 unspecified atom stereocenters. The maximum atomic E-state index is 10.8. The number of rotatable bonds is 7. The number of nitrogens with zero attached hydrogens (tertiary/aromatic N) is 2. The van der Waals surface area contributed by atoms with Crippen LogP contribution in [0.5, 0.6) is 5.75 Å². The fourth-order valence-electron chi connectivity index (χ4n) is 2.13. The van der Waals surface area contributed by atoms with Crippen molar-refractivity contribution < 1.29 is 14.7 Å². The second-order valence-electron chi connectivity index (χ2n) is 5.74. The minimum Gasteiger partial charge on any atom is -0.507 e. The molecule has 0 aromatic heterocycles. The molecule has 0 aliphatic rings. The number of phenolic OH excluding ortho intramolecular Hbond substituents is 1. The number of hydrogen-bond donors (Lipinski definition) is 1. The van der Waals surface area contributed by atoms with Crippen LogP contribution in [0, 0.1) is 0 Å². The number of aldehydes is 2. The summed E-state index contributed by atoms with van der Waals surface area (Å²) < 4.78 is 0. The molecular weight excluding hydrogens is 364 g/mol. The van der Waals surface area contributed by atoms with E-state index in [0.29, 0.717) is 30.5 Å². The van der Waals surface area contributed by atoms with E-state index in [0.717, 1.165) is 17.4 Å². The predicted octanol–water partition coefficient (Wildman–Crippen LogP) is 6.92. The van der Waals surface area contributed by atoms with Gasteiger partial charge in [0.05, 0.1) is 16.9 Å². The number of carbonyl (C=O) groups excluding carboxylic acids is 2. The number of aryl methyl sites for hydroxylation is 1. The van der Waals surface area contributed by atoms with Crippen molar-refractivity contribution in [2.45, 2.75) is 40.5 Å². The summed E-state index contributed by atoms with van der Waals surface area (Å²) in [6.45, 7) is 11.6. The molecule has 0 radical (unpaired) electrons. The molecular formula is C24H30N2O3. The van der Waals surface area contributed by atoms with Gasteiger partial charge >= 0.3 is 0 Å². The summed E-state index contributed by atoms with van der Waals surface area (Å²) in [5.41, 5.74) is 3.36. The summed E-state index contributed by atoms with van der Waals surface area (Å²) in [5.74, 6) is -0.0877. The van der Waals surface area contributed by atoms with Gasteiger partial charge in [0.15, 0.2) is 6.29 Å². The molecule has 1 N–H and O–H groups in total. The van der Waals surface area contributed by atoms with E-state index in [-0.39, 0.29) is 11.3 Å². The van der Waals surface area contributed by atoms with Gasteiger partial charge < -0.3 is 9.90 Å². The lowest BCUT2D eigenvalue weighted by Crippen LogP contribution is -1.86. The first-order valence-electron chi connectivity index (χ1n) is 9.51. The minimum atomic E-state index is -0.0877. The largest absolute Gasteiger partial charge is 0.507 e. The molecule has 0 amide bonds. The smallest absolute Gasteiger partial charge is 0.153 e. The molecule has 0 saturated carbocycles. The summed E-state index contributed by atoms with van der Waals surface area (Å²) >= 11 is 0. The molecule has 0 saturated heterocycles. The Bertz CT molecular complexity index is 840. The zero-order valence-corrected chi connectivity index (χ0v) is 17.6. The molecule has 5 heteroatoms. The molecule has 2 rings (SSSR count). The van der Waals surface area contributed by atoms with Crippen LogP contribution in [0.1, 0.15) is 50.0 Å². The highest BCUT2D eigenvalue weighted by Gasteiger charge is 2.02. The third-order valence-electron chi connectivity index (χ3n) is 3.39. The van der Waals surface area contributed by atoms with Gasteiger partial charge in [0.25, 0.3) is 0 Å².